The Balaban J connectivity index is 1.99. The lowest BCUT2D eigenvalue weighted by atomic mass is 10.2. The number of aromatic nitrogens is 2. The minimum atomic E-state index is -0.800. The van der Waals surface area contributed by atoms with Crippen LogP contribution in [0, 0.1) is 0 Å². The van der Waals surface area contributed by atoms with Gasteiger partial charge in [-0.3, -0.25) is 9.20 Å². The Morgan fingerprint density at radius 2 is 2.29 bits per heavy atom. The molecule has 0 saturated heterocycles. The van der Waals surface area contributed by atoms with Crippen molar-refractivity contribution in [1.82, 2.24) is 9.38 Å². The number of hydrogen-bond donors (Lipinski definition) is 1. The molecule has 0 aliphatic heterocycles. The molecule has 108 valence electrons. The highest BCUT2D eigenvalue weighted by atomic mass is 79.9. The minimum absolute atomic E-state index is 0.110. The fraction of sp³-hybridized carbons (Fsp3) is 0.143. The first-order valence-corrected chi connectivity index (χ1v) is 8.22. The van der Waals surface area contributed by atoms with E-state index in [1.165, 1.54) is 11.3 Å². The molecule has 4 nitrogen and oxygen atoms in total. The van der Waals surface area contributed by atoms with Gasteiger partial charge in [0.05, 0.1) is 17.1 Å². The molecule has 0 aliphatic rings. The third-order valence-corrected chi connectivity index (χ3v) is 4.78. The highest BCUT2D eigenvalue weighted by Crippen LogP contribution is 2.31. The number of fused-ring (bicyclic) bond motifs is 1. The fourth-order valence-electron chi connectivity index (χ4n) is 2.07. The molecule has 2 aromatic heterocycles. The van der Waals surface area contributed by atoms with Crippen molar-refractivity contribution in [1.29, 1.82) is 0 Å². The summed E-state index contributed by atoms with van der Waals surface area (Å²) in [5.41, 5.74) is 2.60. The second-order valence-electron chi connectivity index (χ2n) is 4.52. The molecule has 0 amide bonds. The van der Waals surface area contributed by atoms with Crippen molar-refractivity contribution < 1.29 is 9.90 Å². The van der Waals surface area contributed by atoms with E-state index in [0.717, 1.165) is 26.4 Å². The zero-order chi connectivity index (χ0) is 15.0. The molecule has 1 N–H and O–H groups in total. The van der Waals surface area contributed by atoms with Crippen LogP contribution in [0.5, 0.6) is 0 Å². The third kappa shape index (κ3) is 2.97. The minimum Gasteiger partial charge on any atom is -0.481 e. The predicted octanol–water partition coefficient (Wildman–Crippen LogP) is 4.50. The molecule has 0 bridgehead atoms. The molecule has 0 atom stereocenters. The largest absolute Gasteiger partial charge is 0.481 e. The Labute approximate surface area is 138 Å². The molecule has 3 aromatic rings. The zero-order valence-corrected chi connectivity index (χ0v) is 13.9. The van der Waals surface area contributed by atoms with Gasteiger partial charge in [0.15, 0.2) is 4.96 Å². The number of halogens is 2. The fourth-order valence-corrected chi connectivity index (χ4v) is 3.75. The van der Waals surface area contributed by atoms with Gasteiger partial charge in [0, 0.05) is 27.3 Å². The number of imidazole rings is 1. The molecular formula is C14H10BrClN2O2S. The first-order valence-electron chi connectivity index (χ1n) is 6.17. The van der Waals surface area contributed by atoms with Gasteiger partial charge >= 0.3 is 5.97 Å². The maximum Gasteiger partial charge on any atom is 0.303 e. The van der Waals surface area contributed by atoms with E-state index < -0.39 is 5.97 Å². The summed E-state index contributed by atoms with van der Waals surface area (Å²) in [5, 5.41) is 11.4. The van der Waals surface area contributed by atoms with Crippen molar-refractivity contribution in [2.45, 2.75) is 12.8 Å². The van der Waals surface area contributed by atoms with Crippen LogP contribution in [-0.2, 0) is 11.2 Å². The van der Waals surface area contributed by atoms with Crippen molar-refractivity contribution in [2.24, 2.45) is 0 Å². The van der Waals surface area contributed by atoms with E-state index in [1.807, 2.05) is 34.2 Å². The van der Waals surface area contributed by atoms with Crippen LogP contribution in [0.25, 0.3) is 16.2 Å². The summed E-state index contributed by atoms with van der Waals surface area (Å²) >= 11 is 11.1. The molecule has 0 radical (unpaired) electrons. The van der Waals surface area contributed by atoms with Crippen LogP contribution in [-0.4, -0.2) is 20.5 Å². The molecule has 0 fully saturated rings. The molecular weight excluding hydrogens is 376 g/mol. The van der Waals surface area contributed by atoms with E-state index >= 15 is 0 Å². The normalized spacial score (nSPS) is 11.1. The molecule has 3 rings (SSSR count). The number of rotatable bonds is 4. The number of aliphatic carboxylic acids is 1. The van der Waals surface area contributed by atoms with Crippen LogP contribution < -0.4 is 0 Å². The van der Waals surface area contributed by atoms with Crippen LogP contribution in [0.2, 0.25) is 5.02 Å². The van der Waals surface area contributed by atoms with E-state index in [1.54, 1.807) is 0 Å². The Hall–Kier alpha value is -1.37. The topological polar surface area (TPSA) is 54.6 Å². The van der Waals surface area contributed by atoms with E-state index in [2.05, 4.69) is 20.9 Å². The quantitative estimate of drug-likeness (QED) is 0.719. The standard InChI is InChI=1S/C14H10BrClN2O2S/c15-8-1-3-10(11(16)5-8)12-6-18-9(2-4-13(19)20)7-21-14(18)17-12/h1,3,5-7H,2,4H2,(H,19,20). The first-order chi connectivity index (χ1) is 10.0. The Kier molecular flexibility index (Phi) is 4.01. The predicted molar refractivity (Wildman–Crippen MR) is 87.2 cm³/mol. The monoisotopic (exact) mass is 384 g/mol. The van der Waals surface area contributed by atoms with Gasteiger partial charge in [-0.2, -0.15) is 0 Å². The number of carboxylic acid groups (broad SMARTS) is 1. The second-order valence-corrected chi connectivity index (χ2v) is 6.68. The molecule has 21 heavy (non-hydrogen) atoms. The van der Waals surface area contributed by atoms with Gasteiger partial charge in [-0.1, -0.05) is 33.6 Å². The molecule has 2 heterocycles. The molecule has 1 aromatic carbocycles. The van der Waals surface area contributed by atoms with Gasteiger partial charge in [-0.05, 0) is 18.6 Å². The maximum atomic E-state index is 10.7. The van der Waals surface area contributed by atoms with Crippen molar-refractivity contribution >= 4 is 49.8 Å². The van der Waals surface area contributed by atoms with E-state index in [0.29, 0.717) is 11.4 Å². The SMILES string of the molecule is O=C(O)CCc1csc2nc(-c3ccc(Br)cc3Cl)cn12. The summed E-state index contributed by atoms with van der Waals surface area (Å²) in [7, 11) is 0. The smallest absolute Gasteiger partial charge is 0.303 e. The number of carboxylic acids is 1. The number of benzene rings is 1. The number of carbonyl (C=O) groups is 1. The summed E-state index contributed by atoms with van der Waals surface area (Å²) in [6.45, 7) is 0. The summed E-state index contributed by atoms with van der Waals surface area (Å²) in [6, 6.07) is 5.66. The molecule has 7 heteroatoms. The molecule has 0 saturated carbocycles. The summed E-state index contributed by atoms with van der Waals surface area (Å²) < 4.78 is 2.85. The van der Waals surface area contributed by atoms with Crippen LogP contribution in [0.4, 0.5) is 0 Å². The number of nitrogens with zero attached hydrogens (tertiary/aromatic N) is 2. The number of hydrogen-bond acceptors (Lipinski definition) is 3. The van der Waals surface area contributed by atoms with Crippen LogP contribution in [0.1, 0.15) is 12.1 Å². The Morgan fingerprint density at radius 1 is 1.48 bits per heavy atom. The highest BCUT2D eigenvalue weighted by Gasteiger charge is 2.12. The van der Waals surface area contributed by atoms with Crippen molar-refractivity contribution in [3.05, 3.63) is 45.0 Å². The average molecular weight is 386 g/mol. The number of thiazole rings is 1. The summed E-state index contributed by atoms with van der Waals surface area (Å²) in [6.07, 6.45) is 2.50. The third-order valence-electron chi connectivity index (χ3n) is 3.09. The van der Waals surface area contributed by atoms with Gasteiger partial charge in [-0.15, -0.1) is 11.3 Å². The lowest BCUT2D eigenvalue weighted by Gasteiger charge is -2.01. The Morgan fingerprint density at radius 3 is 3.00 bits per heavy atom. The highest BCUT2D eigenvalue weighted by molar-refractivity contribution is 9.10. The van der Waals surface area contributed by atoms with Crippen molar-refractivity contribution in [3.8, 4) is 11.3 Å². The molecule has 0 unspecified atom stereocenters. The lowest BCUT2D eigenvalue weighted by Crippen LogP contribution is -1.99. The summed E-state index contributed by atoms with van der Waals surface area (Å²) in [4.78, 5) is 16.1. The van der Waals surface area contributed by atoms with Crippen LogP contribution in [0.3, 0.4) is 0 Å². The van der Waals surface area contributed by atoms with E-state index in [-0.39, 0.29) is 6.42 Å². The van der Waals surface area contributed by atoms with Crippen LogP contribution in [0.15, 0.2) is 34.2 Å². The van der Waals surface area contributed by atoms with Crippen LogP contribution >= 0.6 is 38.9 Å². The average Bonchev–Trinajstić information content (AvgIpc) is 2.96. The molecule has 0 aliphatic carbocycles. The summed E-state index contributed by atoms with van der Waals surface area (Å²) in [5.74, 6) is -0.800. The molecule has 0 spiro atoms. The maximum absolute atomic E-state index is 10.7. The van der Waals surface area contributed by atoms with Gasteiger partial charge in [0.25, 0.3) is 0 Å². The van der Waals surface area contributed by atoms with E-state index in [9.17, 15) is 4.79 Å². The zero-order valence-electron chi connectivity index (χ0n) is 10.7. The second kappa shape index (κ2) is 5.79. The first kappa shape index (κ1) is 14.6. The number of aryl methyl sites for hydroxylation is 1. The van der Waals surface area contributed by atoms with Gasteiger partial charge in [0.1, 0.15) is 0 Å². The Bertz CT molecular complexity index is 828. The van der Waals surface area contributed by atoms with Crippen molar-refractivity contribution in [2.75, 3.05) is 0 Å². The van der Waals surface area contributed by atoms with Gasteiger partial charge < -0.3 is 5.11 Å². The lowest BCUT2D eigenvalue weighted by molar-refractivity contribution is -0.136. The van der Waals surface area contributed by atoms with Gasteiger partial charge in [-0.25, -0.2) is 4.98 Å². The van der Waals surface area contributed by atoms with Crippen molar-refractivity contribution in [3.63, 3.8) is 0 Å². The van der Waals surface area contributed by atoms with E-state index in [4.69, 9.17) is 16.7 Å². The van der Waals surface area contributed by atoms with Gasteiger partial charge in [0.2, 0.25) is 0 Å².